The summed E-state index contributed by atoms with van der Waals surface area (Å²) in [5.41, 5.74) is 0.973. The zero-order valence-electron chi connectivity index (χ0n) is 9.95. The SMILES string of the molecule is CC[C@H](CO)NC(=O)CCc1ccccc1Cl. The number of carbonyl (C=O) groups excluding carboxylic acids is 1. The van der Waals surface area contributed by atoms with Gasteiger partial charge >= 0.3 is 0 Å². The van der Waals surface area contributed by atoms with E-state index >= 15 is 0 Å². The predicted molar refractivity (Wildman–Crippen MR) is 69.1 cm³/mol. The molecule has 94 valence electrons. The van der Waals surface area contributed by atoms with Crippen LogP contribution < -0.4 is 5.32 Å². The molecule has 0 radical (unpaired) electrons. The highest BCUT2D eigenvalue weighted by Crippen LogP contribution is 2.16. The minimum Gasteiger partial charge on any atom is -0.394 e. The van der Waals surface area contributed by atoms with Crippen LogP contribution in [0.1, 0.15) is 25.3 Å². The third kappa shape index (κ3) is 4.75. The van der Waals surface area contributed by atoms with Crippen LogP contribution >= 0.6 is 11.6 Å². The van der Waals surface area contributed by atoms with Crippen LogP contribution in [-0.2, 0) is 11.2 Å². The topological polar surface area (TPSA) is 49.3 Å². The Bertz CT molecular complexity index is 364. The van der Waals surface area contributed by atoms with Gasteiger partial charge in [-0.15, -0.1) is 0 Å². The van der Waals surface area contributed by atoms with Gasteiger partial charge in [-0.2, -0.15) is 0 Å². The molecule has 1 amide bonds. The van der Waals surface area contributed by atoms with Crippen molar-refractivity contribution >= 4 is 17.5 Å². The molecule has 1 aromatic carbocycles. The number of hydrogen-bond donors (Lipinski definition) is 2. The second-order valence-corrected chi connectivity index (χ2v) is 4.35. The van der Waals surface area contributed by atoms with E-state index in [1.807, 2.05) is 31.2 Å². The first-order valence-corrected chi connectivity index (χ1v) is 6.18. The Labute approximate surface area is 107 Å². The molecule has 1 rings (SSSR count). The van der Waals surface area contributed by atoms with Gasteiger partial charge in [-0.3, -0.25) is 4.79 Å². The molecule has 0 aromatic heterocycles. The van der Waals surface area contributed by atoms with Crippen molar-refractivity contribution in [1.29, 1.82) is 0 Å². The van der Waals surface area contributed by atoms with E-state index in [0.29, 0.717) is 17.9 Å². The van der Waals surface area contributed by atoms with Crippen molar-refractivity contribution in [3.63, 3.8) is 0 Å². The van der Waals surface area contributed by atoms with Gasteiger partial charge in [-0.25, -0.2) is 0 Å². The molecule has 4 heteroatoms. The summed E-state index contributed by atoms with van der Waals surface area (Å²) in [6.07, 6.45) is 1.74. The highest BCUT2D eigenvalue weighted by molar-refractivity contribution is 6.31. The molecule has 3 nitrogen and oxygen atoms in total. The normalized spacial score (nSPS) is 12.2. The van der Waals surface area contributed by atoms with Crippen LogP contribution in [0, 0.1) is 0 Å². The average Bonchev–Trinajstić information content (AvgIpc) is 2.35. The van der Waals surface area contributed by atoms with Crippen LogP contribution in [0.2, 0.25) is 5.02 Å². The lowest BCUT2D eigenvalue weighted by Crippen LogP contribution is -2.37. The average molecular weight is 256 g/mol. The van der Waals surface area contributed by atoms with Gasteiger partial charge in [0.25, 0.3) is 0 Å². The van der Waals surface area contributed by atoms with Gasteiger partial charge in [-0.05, 0) is 24.5 Å². The van der Waals surface area contributed by atoms with E-state index < -0.39 is 0 Å². The van der Waals surface area contributed by atoms with E-state index in [4.69, 9.17) is 16.7 Å². The lowest BCUT2D eigenvalue weighted by atomic mass is 10.1. The number of hydrogen-bond acceptors (Lipinski definition) is 2. The number of nitrogens with one attached hydrogen (secondary N) is 1. The monoisotopic (exact) mass is 255 g/mol. The van der Waals surface area contributed by atoms with Gasteiger partial charge in [0.1, 0.15) is 0 Å². The molecule has 0 aliphatic rings. The van der Waals surface area contributed by atoms with E-state index in [1.165, 1.54) is 0 Å². The van der Waals surface area contributed by atoms with Gasteiger partial charge in [0.05, 0.1) is 12.6 Å². The van der Waals surface area contributed by atoms with Crippen LogP contribution in [0.3, 0.4) is 0 Å². The number of halogens is 1. The number of carbonyl (C=O) groups is 1. The van der Waals surface area contributed by atoms with Crippen molar-refractivity contribution in [2.24, 2.45) is 0 Å². The quantitative estimate of drug-likeness (QED) is 0.819. The number of rotatable bonds is 6. The third-order valence-electron chi connectivity index (χ3n) is 2.66. The molecule has 17 heavy (non-hydrogen) atoms. The Kier molecular flexibility index (Phi) is 6.01. The zero-order valence-corrected chi connectivity index (χ0v) is 10.7. The Hall–Kier alpha value is -1.06. The van der Waals surface area contributed by atoms with Crippen molar-refractivity contribution in [2.45, 2.75) is 32.2 Å². The molecule has 0 saturated heterocycles. The lowest BCUT2D eigenvalue weighted by molar-refractivity contribution is -0.122. The number of aliphatic hydroxyl groups is 1. The maximum Gasteiger partial charge on any atom is 0.220 e. The highest BCUT2D eigenvalue weighted by atomic mass is 35.5. The maximum absolute atomic E-state index is 11.6. The summed E-state index contributed by atoms with van der Waals surface area (Å²) in [5, 5.41) is 12.4. The molecule has 0 spiro atoms. The molecule has 0 saturated carbocycles. The fraction of sp³-hybridized carbons (Fsp3) is 0.462. The summed E-state index contributed by atoms with van der Waals surface area (Å²) in [4.78, 5) is 11.6. The van der Waals surface area contributed by atoms with Crippen LogP contribution in [-0.4, -0.2) is 23.7 Å². The van der Waals surface area contributed by atoms with Gasteiger partial charge in [0, 0.05) is 11.4 Å². The maximum atomic E-state index is 11.6. The number of amides is 1. The van der Waals surface area contributed by atoms with Crippen LogP contribution in [0.25, 0.3) is 0 Å². The number of aryl methyl sites for hydroxylation is 1. The van der Waals surface area contributed by atoms with Crippen molar-refractivity contribution in [3.8, 4) is 0 Å². The second kappa shape index (κ2) is 7.30. The van der Waals surface area contributed by atoms with Crippen molar-refractivity contribution in [1.82, 2.24) is 5.32 Å². The van der Waals surface area contributed by atoms with Crippen LogP contribution in [0.4, 0.5) is 0 Å². The van der Waals surface area contributed by atoms with Gasteiger partial charge < -0.3 is 10.4 Å². The predicted octanol–water partition coefficient (Wildman–Crippen LogP) is 2.16. The molecular weight excluding hydrogens is 238 g/mol. The zero-order chi connectivity index (χ0) is 12.7. The molecule has 0 fully saturated rings. The Morgan fingerprint density at radius 1 is 1.47 bits per heavy atom. The fourth-order valence-corrected chi connectivity index (χ4v) is 1.76. The minimum absolute atomic E-state index is 0.0195. The molecule has 1 atom stereocenters. The summed E-state index contributed by atoms with van der Waals surface area (Å²) in [6.45, 7) is 1.91. The molecule has 0 bridgehead atoms. The first kappa shape index (κ1) is 14.0. The molecular formula is C13H18ClNO2. The Balaban J connectivity index is 2.41. The standard InChI is InChI=1S/C13H18ClNO2/c1-2-11(9-16)15-13(17)8-7-10-5-3-4-6-12(10)14/h3-6,11,16H,2,7-9H2,1H3,(H,15,17)/t11-/m1/s1. The molecule has 0 unspecified atom stereocenters. The number of aliphatic hydroxyl groups excluding tert-OH is 1. The smallest absolute Gasteiger partial charge is 0.220 e. The van der Waals surface area contributed by atoms with E-state index in [0.717, 1.165) is 12.0 Å². The van der Waals surface area contributed by atoms with Gasteiger partial charge in [-0.1, -0.05) is 36.7 Å². The lowest BCUT2D eigenvalue weighted by Gasteiger charge is -2.13. The van der Waals surface area contributed by atoms with E-state index in [1.54, 1.807) is 0 Å². The minimum atomic E-state index is -0.145. The fourth-order valence-electron chi connectivity index (χ4n) is 1.53. The molecule has 0 aliphatic carbocycles. The first-order chi connectivity index (χ1) is 8.17. The largest absolute Gasteiger partial charge is 0.394 e. The van der Waals surface area contributed by atoms with Crippen molar-refractivity contribution in [3.05, 3.63) is 34.9 Å². The Morgan fingerprint density at radius 2 is 2.18 bits per heavy atom. The summed E-state index contributed by atoms with van der Waals surface area (Å²) in [5.74, 6) is -0.0502. The van der Waals surface area contributed by atoms with Crippen LogP contribution in [0.15, 0.2) is 24.3 Å². The summed E-state index contributed by atoms with van der Waals surface area (Å²) in [7, 11) is 0. The first-order valence-electron chi connectivity index (χ1n) is 5.81. The van der Waals surface area contributed by atoms with E-state index in [-0.39, 0.29) is 18.6 Å². The summed E-state index contributed by atoms with van der Waals surface area (Å²) < 4.78 is 0. The Morgan fingerprint density at radius 3 is 2.76 bits per heavy atom. The summed E-state index contributed by atoms with van der Waals surface area (Å²) >= 11 is 6.00. The molecule has 0 heterocycles. The molecule has 0 aliphatic heterocycles. The van der Waals surface area contributed by atoms with Crippen molar-refractivity contribution < 1.29 is 9.90 Å². The van der Waals surface area contributed by atoms with E-state index in [9.17, 15) is 4.79 Å². The second-order valence-electron chi connectivity index (χ2n) is 3.95. The summed E-state index contributed by atoms with van der Waals surface area (Å²) in [6, 6.07) is 7.36. The van der Waals surface area contributed by atoms with Crippen LogP contribution in [0.5, 0.6) is 0 Å². The third-order valence-corrected chi connectivity index (χ3v) is 3.03. The number of benzene rings is 1. The molecule has 2 N–H and O–H groups in total. The van der Waals surface area contributed by atoms with Crippen molar-refractivity contribution in [2.75, 3.05) is 6.61 Å². The highest BCUT2D eigenvalue weighted by Gasteiger charge is 2.09. The molecule has 1 aromatic rings. The van der Waals surface area contributed by atoms with Gasteiger partial charge in [0.2, 0.25) is 5.91 Å². The van der Waals surface area contributed by atoms with Gasteiger partial charge in [0.15, 0.2) is 0 Å². The van der Waals surface area contributed by atoms with E-state index in [2.05, 4.69) is 5.32 Å².